The molecule has 1 aliphatic heterocycles. The van der Waals surface area contributed by atoms with Gasteiger partial charge in [-0.05, 0) is 24.5 Å². The molecular formula is C20H22N2O2S2. The van der Waals surface area contributed by atoms with Crippen LogP contribution in [0.25, 0.3) is 10.2 Å². The Kier molecular flexibility index (Phi) is 4.67. The third-order valence-electron chi connectivity index (χ3n) is 5.14. The Bertz CT molecular complexity index is 1010. The molecule has 0 N–H and O–H groups in total. The summed E-state index contributed by atoms with van der Waals surface area (Å²) >= 11 is 3.21. The van der Waals surface area contributed by atoms with E-state index in [1.807, 2.05) is 25.2 Å². The maximum atomic E-state index is 13.1. The van der Waals surface area contributed by atoms with Gasteiger partial charge in [0.2, 0.25) is 0 Å². The van der Waals surface area contributed by atoms with Crippen LogP contribution in [0.3, 0.4) is 0 Å². The fourth-order valence-corrected chi connectivity index (χ4v) is 5.33. The minimum absolute atomic E-state index is 0.0587. The number of hydrogen-bond donors (Lipinski definition) is 0. The summed E-state index contributed by atoms with van der Waals surface area (Å²) in [5, 5.41) is 1.56. The summed E-state index contributed by atoms with van der Waals surface area (Å²) in [6, 6.07) is 10.3. The number of ether oxygens (including phenoxy) is 1. The van der Waals surface area contributed by atoms with Gasteiger partial charge in [-0.2, -0.15) is 0 Å². The zero-order chi connectivity index (χ0) is 18.3. The van der Waals surface area contributed by atoms with Crippen LogP contribution in [0.4, 0.5) is 0 Å². The van der Waals surface area contributed by atoms with Gasteiger partial charge in [0.05, 0.1) is 17.6 Å². The van der Waals surface area contributed by atoms with E-state index < -0.39 is 0 Å². The second-order valence-corrected chi connectivity index (χ2v) is 9.01. The number of hydrogen-bond acceptors (Lipinski definition) is 5. The van der Waals surface area contributed by atoms with E-state index in [-0.39, 0.29) is 11.2 Å². The lowest BCUT2D eigenvalue weighted by Crippen LogP contribution is -2.34. The molecule has 0 saturated carbocycles. The number of fused-ring (bicyclic) bond motifs is 3. The Labute approximate surface area is 161 Å². The summed E-state index contributed by atoms with van der Waals surface area (Å²) in [6.07, 6.45) is 1.72. The molecule has 4 rings (SSSR count). The molecule has 1 aliphatic rings. The second-order valence-electron chi connectivity index (χ2n) is 6.99. The van der Waals surface area contributed by atoms with E-state index in [4.69, 9.17) is 9.72 Å². The first-order chi connectivity index (χ1) is 12.5. The van der Waals surface area contributed by atoms with Gasteiger partial charge in [-0.3, -0.25) is 9.36 Å². The second kappa shape index (κ2) is 6.83. The molecule has 26 heavy (non-hydrogen) atoms. The van der Waals surface area contributed by atoms with E-state index in [0.29, 0.717) is 6.61 Å². The normalized spacial score (nSPS) is 19.7. The zero-order valence-electron chi connectivity index (χ0n) is 15.2. The van der Waals surface area contributed by atoms with Crippen molar-refractivity contribution in [3.05, 3.63) is 56.7 Å². The molecule has 0 spiro atoms. The van der Waals surface area contributed by atoms with Gasteiger partial charge < -0.3 is 4.74 Å². The highest BCUT2D eigenvalue weighted by Crippen LogP contribution is 2.38. The van der Waals surface area contributed by atoms with E-state index in [1.54, 1.807) is 27.7 Å². The zero-order valence-corrected chi connectivity index (χ0v) is 16.9. The van der Waals surface area contributed by atoms with Crippen LogP contribution < -0.4 is 5.56 Å². The quantitative estimate of drug-likeness (QED) is 0.488. The van der Waals surface area contributed by atoms with Crippen LogP contribution in [0.5, 0.6) is 0 Å². The third-order valence-corrected chi connectivity index (χ3v) is 7.34. The monoisotopic (exact) mass is 386 g/mol. The van der Waals surface area contributed by atoms with Crippen LogP contribution >= 0.6 is 23.1 Å². The molecule has 0 unspecified atom stereocenters. The van der Waals surface area contributed by atoms with Crippen molar-refractivity contribution in [3.8, 4) is 0 Å². The number of rotatable bonds is 4. The van der Waals surface area contributed by atoms with Crippen LogP contribution in [0.15, 0.2) is 40.3 Å². The van der Waals surface area contributed by atoms with Crippen molar-refractivity contribution in [2.45, 2.75) is 49.8 Å². The average Bonchev–Trinajstić information content (AvgIpc) is 3.01. The molecule has 1 aromatic carbocycles. The average molecular weight is 387 g/mol. The molecule has 136 valence electrons. The van der Waals surface area contributed by atoms with Crippen molar-refractivity contribution in [2.24, 2.45) is 7.05 Å². The SMILES string of the molecule is CC[C@]1(C)Cc2c(sc3nc(SCc4ccccc4)n(C)c(=O)c23)CO1. The van der Waals surface area contributed by atoms with Gasteiger partial charge in [0.1, 0.15) is 4.83 Å². The summed E-state index contributed by atoms with van der Waals surface area (Å²) < 4.78 is 7.74. The first-order valence-electron chi connectivity index (χ1n) is 8.83. The van der Waals surface area contributed by atoms with Crippen molar-refractivity contribution in [1.29, 1.82) is 0 Å². The first kappa shape index (κ1) is 17.8. The smallest absolute Gasteiger partial charge is 0.262 e. The molecule has 0 radical (unpaired) electrons. The number of benzene rings is 1. The third kappa shape index (κ3) is 3.10. The van der Waals surface area contributed by atoms with E-state index >= 15 is 0 Å². The molecule has 0 aliphatic carbocycles. The molecule has 3 heterocycles. The number of thioether (sulfide) groups is 1. The highest BCUT2D eigenvalue weighted by Gasteiger charge is 2.33. The number of aromatic nitrogens is 2. The molecule has 3 aromatic rings. The minimum atomic E-state index is -0.188. The van der Waals surface area contributed by atoms with E-state index in [9.17, 15) is 4.79 Å². The van der Waals surface area contributed by atoms with Crippen molar-refractivity contribution in [2.75, 3.05) is 0 Å². The number of thiophene rings is 1. The summed E-state index contributed by atoms with van der Waals surface area (Å²) in [6.45, 7) is 4.84. The van der Waals surface area contributed by atoms with Gasteiger partial charge in [-0.1, -0.05) is 49.0 Å². The fraction of sp³-hybridized carbons (Fsp3) is 0.400. The summed E-state index contributed by atoms with van der Waals surface area (Å²) in [4.78, 5) is 19.9. The van der Waals surface area contributed by atoms with Crippen molar-refractivity contribution < 1.29 is 4.74 Å². The highest BCUT2D eigenvalue weighted by molar-refractivity contribution is 7.98. The molecular weight excluding hydrogens is 364 g/mol. The van der Waals surface area contributed by atoms with Gasteiger partial charge in [-0.15, -0.1) is 11.3 Å². The first-order valence-corrected chi connectivity index (χ1v) is 10.6. The summed E-state index contributed by atoms with van der Waals surface area (Å²) in [5.41, 5.74) is 2.24. The van der Waals surface area contributed by atoms with E-state index in [2.05, 4.69) is 26.0 Å². The Morgan fingerprint density at radius 2 is 2.12 bits per heavy atom. The largest absolute Gasteiger partial charge is 0.369 e. The highest BCUT2D eigenvalue weighted by atomic mass is 32.2. The van der Waals surface area contributed by atoms with Gasteiger partial charge in [-0.25, -0.2) is 4.98 Å². The Hall–Kier alpha value is -1.63. The molecule has 1 atom stereocenters. The molecule has 4 nitrogen and oxygen atoms in total. The maximum absolute atomic E-state index is 13.1. The van der Waals surface area contributed by atoms with Crippen LogP contribution in [0.1, 0.15) is 36.3 Å². The molecule has 0 amide bonds. The lowest BCUT2D eigenvalue weighted by atomic mass is 9.90. The summed E-state index contributed by atoms with van der Waals surface area (Å²) in [7, 11) is 1.82. The topological polar surface area (TPSA) is 44.1 Å². The predicted molar refractivity (Wildman–Crippen MR) is 108 cm³/mol. The van der Waals surface area contributed by atoms with E-state index in [1.165, 1.54) is 5.56 Å². The standard InChI is InChI=1S/C20H22N2O2S2/c1-4-20(2)10-14-15(11-24-20)26-17-16(14)18(23)22(3)19(21-17)25-12-13-8-6-5-7-9-13/h5-9H,4,10-12H2,1-3H3/t20-/m1/s1. The fourth-order valence-electron chi connectivity index (χ4n) is 3.26. The van der Waals surface area contributed by atoms with E-state index in [0.717, 1.165) is 44.4 Å². The molecule has 0 saturated heterocycles. The lowest BCUT2D eigenvalue weighted by molar-refractivity contribution is -0.0543. The van der Waals surface area contributed by atoms with Crippen LogP contribution in [0, 0.1) is 0 Å². The van der Waals surface area contributed by atoms with Gasteiger partial charge in [0, 0.05) is 24.1 Å². The van der Waals surface area contributed by atoms with Crippen LogP contribution in [-0.4, -0.2) is 15.2 Å². The molecule has 0 fully saturated rings. The Morgan fingerprint density at radius 1 is 1.35 bits per heavy atom. The lowest BCUT2D eigenvalue weighted by Gasteiger charge is -2.32. The predicted octanol–water partition coefficient (Wildman–Crippen LogP) is 4.53. The van der Waals surface area contributed by atoms with Crippen molar-refractivity contribution in [1.82, 2.24) is 9.55 Å². The Morgan fingerprint density at radius 3 is 2.85 bits per heavy atom. The molecule has 6 heteroatoms. The maximum Gasteiger partial charge on any atom is 0.262 e. The molecule has 0 bridgehead atoms. The summed E-state index contributed by atoms with van der Waals surface area (Å²) in [5.74, 6) is 0.800. The van der Waals surface area contributed by atoms with Crippen molar-refractivity contribution in [3.63, 3.8) is 0 Å². The Balaban J connectivity index is 1.73. The molecule has 2 aromatic heterocycles. The van der Waals surface area contributed by atoms with Crippen LogP contribution in [0.2, 0.25) is 0 Å². The van der Waals surface area contributed by atoms with Gasteiger partial charge in [0.25, 0.3) is 5.56 Å². The van der Waals surface area contributed by atoms with Crippen molar-refractivity contribution >= 4 is 33.3 Å². The van der Waals surface area contributed by atoms with Gasteiger partial charge in [0.15, 0.2) is 5.16 Å². The van der Waals surface area contributed by atoms with Crippen LogP contribution in [-0.2, 0) is 30.6 Å². The number of nitrogens with zero attached hydrogens (tertiary/aromatic N) is 2. The minimum Gasteiger partial charge on any atom is -0.369 e. The van der Waals surface area contributed by atoms with Gasteiger partial charge >= 0.3 is 0 Å².